The van der Waals surface area contributed by atoms with E-state index in [0.29, 0.717) is 12.8 Å². The Kier molecular flexibility index (Phi) is 6.87. The maximum absolute atomic E-state index is 12.0. The Morgan fingerprint density at radius 2 is 2.05 bits per heavy atom. The Balaban J connectivity index is 2.67. The first-order valence-corrected chi connectivity index (χ1v) is 7.64. The summed E-state index contributed by atoms with van der Waals surface area (Å²) in [6.07, 6.45) is 1.07. The molecule has 0 spiro atoms. The molecule has 0 saturated heterocycles. The third-order valence-corrected chi connectivity index (χ3v) is 3.85. The molecule has 2 unspecified atom stereocenters. The second-order valence-corrected chi connectivity index (χ2v) is 5.70. The lowest BCUT2D eigenvalue weighted by Gasteiger charge is -2.18. The minimum Gasteiger partial charge on any atom is -0.480 e. The summed E-state index contributed by atoms with van der Waals surface area (Å²) in [4.78, 5) is 35.1. The van der Waals surface area contributed by atoms with Gasteiger partial charge < -0.3 is 15.7 Å². The maximum atomic E-state index is 12.0. The molecule has 116 valence electrons. The minimum absolute atomic E-state index is 0.0214. The molecule has 1 aromatic heterocycles. The Morgan fingerprint density at radius 1 is 1.33 bits per heavy atom. The van der Waals surface area contributed by atoms with Crippen molar-refractivity contribution < 1.29 is 19.5 Å². The van der Waals surface area contributed by atoms with Crippen molar-refractivity contribution in [2.24, 2.45) is 0 Å². The van der Waals surface area contributed by atoms with Crippen molar-refractivity contribution in [2.75, 3.05) is 0 Å². The molecule has 0 aliphatic rings. The fourth-order valence-corrected chi connectivity index (χ4v) is 2.72. The molecule has 0 aromatic carbocycles. The highest BCUT2D eigenvalue weighted by molar-refractivity contribution is 7.10. The van der Waals surface area contributed by atoms with Gasteiger partial charge in [-0.15, -0.1) is 11.3 Å². The largest absolute Gasteiger partial charge is 0.480 e. The van der Waals surface area contributed by atoms with Gasteiger partial charge in [-0.25, -0.2) is 4.79 Å². The van der Waals surface area contributed by atoms with Crippen molar-refractivity contribution >= 4 is 29.1 Å². The van der Waals surface area contributed by atoms with Gasteiger partial charge in [0, 0.05) is 11.8 Å². The monoisotopic (exact) mass is 312 g/mol. The molecule has 1 aromatic rings. The number of carbonyl (C=O) groups is 3. The Morgan fingerprint density at radius 3 is 2.52 bits per heavy atom. The number of nitrogens with one attached hydrogen (secondary N) is 2. The van der Waals surface area contributed by atoms with Gasteiger partial charge in [0.2, 0.25) is 11.8 Å². The zero-order valence-electron chi connectivity index (χ0n) is 12.1. The van der Waals surface area contributed by atoms with Crippen molar-refractivity contribution in [3.63, 3.8) is 0 Å². The van der Waals surface area contributed by atoms with Gasteiger partial charge in [0.05, 0.1) is 12.5 Å². The van der Waals surface area contributed by atoms with E-state index in [1.54, 1.807) is 0 Å². The normalized spacial score (nSPS) is 13.2. The molecule has 21 heavy (non-hydrogen) atoms. The van der Waals surface area contributed by atoms with Crippen molar-refractivity contribution in [2.45, 2.75) is 45.2 Å². The Hall–Kier alpha value is -1.89. The molecule has 1 heterocycles. The number of hydrogen-bond acceptors (Lipinski definition) is 4. The summed E-state index contributed by atoms with van der Waals surface area (Å²) >= 11 is 1.44. The fraction of sp³-hybridized carbons (Fsp3) is 0.500. The van der Waals surface area contributed by atoms with E-state index in [-0.39, 0.29) is 18.2 Å². The highest BCUT2D eigenvalue weighted by Crippen LogP contribution is 2.22. The molecule has 2 amide bonds. The maximum Gasteiger partial charge on any atom is 0.326 e. The molecule has 6 nitrogen and oxygen atoms in total. The smallest absolute Gasteiger partial charge is 0.326 e. The molecule has 0 bridgehead atoms. The first-order valence-electron chi connectivity index (χ1n) is 6.76. The van der Waals surface area contributed by atoms with Crippen molar-refractivity contribution in [1.29, 1.82) is 0 Å². The van der Waals surface area contributed by atoms with Crippen molar-refractivity contribution in [1.82, 2.24) is 10.6 Å². The first-order chi connectivity index (χ1) is 9.93. The average molecular weight is 312 g/mol. The summed E-state index contributed by atoms with van der Waals surface area (Å²) < 4.78 is 0. The topological polar surface area (TPSA) is 95.5 Å². The van der Waals surface area contributed by atoms with E-state index >= 15 is 0 Å². The predicted molar refractivity (Wildman–Crippen MR) is 80.0 cm³/mol. The van der Waals surface area contributed by atoms with Gasteiger partial charge in [-0.1, -0.05) is 19.4 Å². The molecule has 3 N–H and O–H groups in total. The standard InChI is InChI=1S/C14H20N2O4S/c1-3-5-10(14(19)20)16-13(18)8-11(15-9(2)17)12-6-4-7-21-12/h4,6-7,10-11H,3,5,8H2,1-2H3,(H,15,17)(H,16,18)(H,19,20). The lowest BCUT2D eigenvalue weighted by Crippen LogP contribution is -2.42. The van der Waals surface area contributed by atoms with E-state index in [1.165, 1.54) is 18.3 Å². The van der Waals surface area contributed by atoms with Gasteiger partial charge in [-0.2, -0.15) is 0 Å². The summed E-state index contributed by atoms with van der Waals surface area (Å²) in [7, 11) is 0. The molecule has 0 radical (unpaired) electrons. The number of carboxylic acid groups (broad SMARTS) is 1. The molecule has 0 aliphatic heterocycles. The van der Waals surface area contributed by atoms with Crippen LogP contribution in [0.3, 0.4) is 0 Å². The van der Waals surface area contributed by atoms with Crippen LogP contribution in [0, 0.1) is 0 Å². The molecular formula is C14H20N2O4S. The van der Waals surface area contributed by atoms with Gasteiger partial charge in [0.1, 0.15) is 6.04 Å². The third-order valence-electron chi connectivity index (χ3n) is 2.86. The van der Waals surface area contributed by atoms with Gasteiger partial charge in [0.25, 0.3) is 0 Å². The summed E-state index contributed by atoms with van der Waals surface area (Å²) in [5.74, 6) is -1.66. The van der Waals surface area contributed by atoms with Crippen LogP contribution < -0.4 is 10.6 Å². The Labute approximate surface area is 127 Å². The van der Waals surface area contributed by atoms with Crippen LogP contribution in [-0.4, -0.2) is 28.9 Å². The number of rotatable bonds is 8. The SMILES string of the molecule is CCCC(NC(=O)CC(NC(C)=O)c1cccs1)C(=O)O. The lowest BCUT2D eigenvalue weighted by molar-refractivity contribution is -0.142. The molecule has 1 rings (SSSR count). The summed E-state index contributed by atoms with van der Waals surface area (Å²) in [6.45, 7) is 3.24. The predicted octanol–water partition coefficient (Wildman–Crippen LogP) is 1.68. The van der Waals surface area contributed by atoms with Crippen LogP contribution in [0.5, 0.6) is 0 Å². The van der Waals surface area contributed by atoms with Gasteiger partial charge in [0.15, 0.2) is 0 Å². The van der Waals surface area contributed by atoms with Crippen LogP contribution in [0.15, 0.2) is 17.5 Å². The second kappa shape index (κ2) is 8.41. The number of thiophene rings is 1. The minimum atomic E-state index is -1.04. The lowest BCUT2D eigenvalue weighted by atomic mass is 10.1. The molecule has 0 fully saturated rings. The van der Waals surface area contributed by atoms with E-state index in [1.807, 2.05) is 24.4 Å². The van der Waals surface area contributed by atoms with E-state index in [0.717, 1.165) is 4.88 Å². The Bertz CT molecular complexity index is 487. The number of amides is 2. The average Bonchev–Trinajstić information content (AvgIpc) is 2.90. The number of carbonyl (C=O) groups excluding carboxylic acids is 2. The van der Waals surface area contributed by atoms with E-state index in [4.69, 9.17) is 5.11 Å². The van der Waals surface area contributed by atoms with Gasteiger partial charge in [-0.3, -0.25) is 9.59 Å². The summed E-state index contributed by atoms with van der Waals surface area (Å²) in [5.41, 5.74) is 0. The van der Waals surface area contributed by atoms with E-state index in [2.05, 4.69) is 10.6 Å². The van der Waals surface area contributed by atoms with E-state index < -0.39 is 18.1 Å². The molecule has 0 saturated carbocycles. The van der Waals surface area contributed by atoms with Crippen LogP contribution in [-0.2, 0) is 14.4 Å². The first kappa shape index (κ1) is 17.2. The van der Waals surface area contributed by atoms with Gasteiger partial charge >= 0.3 is 5.97 Å². The molecule has 2 atom stereocenters. The summed E-state index contributed by atoms with van der Waals surface area (Å²) in [5, 5.41) is 16.1. The number of aliphatic carboxylic acids is 1. The van der Waals surface area contributed by atoms with Crippen LogP contribution in [0.2, 0.25) is 0 Å². The quantitative estimate of drug-likeness (QED) is 0.680. The van der Waals surface area contributed by atoms with Crippen LogP contribution >= 0.6 is 11.3 Å². The molecule has 7 heteroatoms. The second-order valence-electron chi connectivity index (χ2n) is 4.72. The van der Waals surface area contributed by atoms with Gasteiger partial charge in [-0.05, 0) is 17.9 Å². The fourth-order valence-electron chi connectivity index (χ4n) is 1.94. The molecular weight excluding hydrogens is 292 g/mol. The summed E-state index contributed by atoms with van der Waals surface area (Å²) in [6, 6.07) is 2.35. The van der Waals surface area contributed by atoms with Crippen LogP contribution in [0.25, 0.3) is 0 Å². The van der Waals surface area contributed by atoms with Crippen LogP contribution in [0.4, 0.5) is 0 Å². The van der Waals surface area contributed by atoms with E-state index in [9.17, 15) is 14.4 Å². The zero-order chi connectivity index (χ0) is 15.8. The molecule has 0 aliphatic carbocycles. The highest BCUT2D eigenvalue weighted by Gasteiger charge is 2.22. The van der Waals surface area contributed by atoms with Crippen molar-refractivity contribution in [3.05, 3.63) is 22.4 Å². The highest BCUT2D eigenvalue weighted by atomic mass is 32.1. The number of carboxylic acids is 1. The van der Waals surface area contributed by atoms with Crippen LogP contribution in [0.1, 0.15) is 44.0 Å². The zero-order valence-corrected chi connectivity index (χ0v) is 12.9. The van der Waals surface area contributed by atoms with Crippen molar-refractivity contribution in [3.8, 4) is 0 Å². The third kappa shape index (κ3) is 5.95. The number of hydrogen-bond donors (Lipinski definition) is 3.